The number of nitrogens with one attached hydrogen (secondary N) is 1. The van der Waals surface area contributed by atoms with Crippen LogP contribution in [0.25, 0.3) is 0 Å². The molecule has 0 radical (unpaired) electrons. The smallest absolute Gasteiger partial charge is 0.163 e. The Morgan fingerprint density at radius 3 is 2.29 bits per heavy atom. The average Bonchev–Trinajstić information content (AvgIpc) is 2.53. The lowest BCUT2D eigenvalue weighted by Gasteiger charge is -2.20. The minimum Gasteiger partial charge on any atom is -0.486 e. The van der Waals surface area contributed by atoms with Crippen molar-refractivity contribution in [3.05, 3.63) is 52.5 Å². The van der Waals surface area contributed by atoms with E-state index in [0.717, 1.165) is 24.4 Å². The Morgan fingerprint density at radius 2 is 1.62 bits per heavy atom. The fourth-order valence-electron chi connectivity index (χ4n) is 2.29. The van der Waals surface area contributed by atoms with Gasteiger partial charge >= 0.3 is 0 Å². The summed E-state index contributed by atoms with van der Waals surface area (Å²) >= 11 is 6.28. The van der Waals surface area contributed by atoms with Crippen LogP contribution in [0.3, 0.4) is 0 Å². The molecule has 0 bridgehead atoms. The Kier molecular flexibility index (Phi) is 4.20. The van der Waals surface area contributed by atoms with Gasteiger partial charge in [-0.15, -0.1) is 0 Å². The van der Waals surface area contributed by atoms with Crippen LogP contribution in [0.5, 0.6) is 11.5 Å². The quantitative estimate of drug-likeness (QED) is 0.914. The molecule has 0 spiro atoms. The van der Waals surface area contributed by atoms with Crippen molar-refractivity contribution < 1.29 is 9.47 Å². The molecule has 0 amide bonds. The number of aryl methyl sites for hydroxylation is 1. The molecule has 0 unspecified atom stereocenters. The number of anilines is 1. The molecule has 110 valence electrons. The summed E-state index contributed by atoms with van der Waals surface area (Å²) in [6.45, 7) is 4.03. The van der Waals surface area contributed by atoms with E-state index in [1.54, 1.807) is 6.07 Å². The highest BCUT2D eigenvalue weighted by molar-refractivity contribution is 6.33. The third-order valence-corrected chi connectivity index (χ3v) is 3.86. The van der Waals surface area contributed by atoms with Crippen LogP contribution >= 0.6 is 11.6 Å². The number of ether oxygens (including phenoxy) is 2. The third-order valence-electron chi connectivity index (χ3n) is 3.55. The van der Waals surface area contributed by atoms with Crippen LogP contribution in [0.1, 0.15) is 18.1 Å². The number of rotatable bonds is 4. The van der Waals surface area contributed by atoms with Gasteiger partial charge in [-0.2, -0.15) is 0 Å². The van der Waals surface area contributed by atoms with Gasteiger partial charge in [-0.05, 0) is 17.5 Å². The highest BCUT2D eigenvalue weighted by atomic mass is 35.5. The summed E-state index contributed by atoms with van der Waals surface area (Å²) in [6, 6.07) is 12.3. The molecule has 1 heterocycles. The van der Waals surface area contributed by atoms with Gasteiger partial charge in [0.15, 0.2) is 11.5 Å². The Morgan fingerprint density at radius 1 is 1.00 bits per heavy atom. The van der Waals surface area contributed by atoms with Gasteiger partial charge in [0.05, 0.1) is 10.7 Å². The lowest BCUT2D eigenvalue weighted by molar-refractivity contribution is 0.171. The van der Waals surface area contributed by atoms with Gasteiger partial charge in [0.1, 0.15) is 13.2 Å². The molecule has 0 atom stereocenters. The standard InChI is InChI=1S/C17H18ClNO2/c1-2-12-3-5-13(6-4-12)11-19-15-10-17-16(9-14(15)18)20-7-8-21-17/h3-6,9-10,19H,2,7-8,11H2,1H3. The summed E-state index contributed by atoms with van der Waals surface area (Å²) in [5.41, 5.74) is 3.43. The number of benzene rings is 2. The van der Waals surface area contributed by atoms with E-state index < -0.39 is 0 Å². The second kappa shape index (κ2) is 6.27. The predicted molar refractivity (Wildman–Crippen MR) is 85.6 cm³/mol. The molecule has 2 aromatic carbocycles. The van der Waals surface area contributed by atoms with E-state index in [2.05, 4.69) is 36.5 Å². The van der Waals surface area contributed by atoms with Crippen LogP contribution in [-0.2, 0) is 13.0 Å². The first-order valence-corrected chi connectivity index (χ1v) is 7.55. The van der Waals surface area contributed by atoms with Crippen LogP contribution < -0.4 is 14.8 Å². The third kappa shape index (κ3) is 3.24. The van der Waals surface area contributed by atoms with E-state index >= 15 is 0 Å². The second-order valence-electron chi connectivity index (χ2n) is 5.00. The van der Waals surface area contributed by atoms with Gasteiger partial charge in [0.25, 0.3) is 0 Å². The predicted octanol–water partition coefficient (Wildman–Crippen LogP) is 4.29. The molecule has 0 aliphatic carbocycles. The summed E-state index contributed by atoms with van der Waals surface area (Å²) in [7, 11) is 0. The summed E-state index contributed by atoms with van der Waals surface area (Å²) in [6.07, 6.45) is 1.06. The van der Waals surface area contributed by atoms with Crippen molar-refractivity contribution in [3.63, 3.8) is 0 Å². The molecular weight excluding hydrogens is 286 g/mol. The molecule has 0 saturated carbocycles. The molecule has 0 saturated heterocycles. The maximum Gasteiger partial charge on any atom is 0.163 e. The van der Waals surface area contributed by atoms with E-state index in [0.29, 0.717) is 24.0 Å². The highest BCUT2D eigenvalue weighted by Gasteiger charge is 2.14. The molecular formula is C17H18ClNO2. The van der Waals surface area contributed by atoms with Crippen molar-refractivity contribution in [1.82, 2.24) is 0 Å². The monoisotopic (exact) mass is 303 g/mol. The molecule has 3 rings (SSSR count). The molecule has 1 aliphatic rings. The van der Waals surface area contributed by atoms with Gasteiger partial charge in [0, 0.05) is 18.7 Å². The summed E-state index contributed by atoms with van der Waals surface area (Å²) in [5.74, 6) is 1.46. The Labute approximate surface area is 129 Å². The summed E-state index contributed by atoms with van der Waals surface area (Å²) < 4.78 is 11.1. The van der Waals surface area contributed by atoms with Crippen LogP contribution in [-0.4, -0.2) is 13.2 Å². The Bertz CT molecular complexity index is 625. The lowest BCUT2D eigenvalue weighted by atomic mass is 10.1. The molecule has 4 heteroatoms. The fraction of sp³-hybridized carbons (Fsp3) is 0.294. The number of hydrogen-bond acceptors (Lipinski definition) is 3. The molecule has 1 aliphatic heterocycles. The maximum atomic E-state index is 6.28. The number of hydrogen-bond donors (Lipinski definition) is 1. The van der Waals surface area contributed by atoms with E-state index in [1.807, 2.05) is 6.07 Å². The molecule has 3 nitrogen and oxygen atoms in total. The number of halogens is 1. The van der Waals surface area contributed by atoms with Crippen molar-refractivity contribution in [2.75, 3.05) is 18.5 Å². The summed E-state index contributed by atoms with van der Waals surface area (Å²) in [5, 5.41) is 3.99. The molecule has 0 fully saturated rings. The maximum absolute atomic E-state index is 6.28. The first kappa shape index (κ1) is 14.1. The zero-order valence-corrected chi connectivity index (χ0v) is 12.7. The topological polar surface area (TPSA) is 30.5 Å². The minimum absolute atomic E-state index is 0.569. The fourth-order valence-corrected chi connectivity index (χ4v) is 2.51. The first-order chi connectivity index (χ1) is 10.3. The SMILES string of the molecule is CCc1ccc(CNc2cc3c(cc2Cl)OCCO3)cc1. The van der Waals surface area contributed by atoms with Crippen molar-refractivity contribution >= 4 is 17.3 Å². The molecule has 1 N–H and O–H groups in total. The van der Waals surface area contributed by atoms with Gasteiger partial charge in [0.2, 0.25) is 0 Å². The van der Waals surface area contributed by atoms with Crippen molar-refractivity contribution in [1.29, 1.82) is 0 Å². The summed E-state index contributed by atoms with van der Waals surface area (Å²) in [4.78, 5) is 0. The van der Waals surface area contributed by atoms with Crippen molar-refractivity contribution in [3.8, 4) is 11.5 Å². The second-order valence-corrected chi connectivity index (χ2v) is 5.41. The van der Waals surface area contributed by atoms with Crippen LogP contribution in [0.15, 0.2) is 36.4 Å². The average molecular weight is 304 g/mol. The van der Waals surface area contributed by atoms with E-state index in [-0.39, 0.29) is 0 Å². The number of fused-ring (bicyclic) bond motifs is 1. The van der Waals surface area contributed by atoms with Gasteiger partial charge in [-0.1, -0.05) is 42.8 Å². The van der Waals surface area contributed by atoms with E-state index in [4.69, 9.17) is 21.1 Å². The van der Waals surface area contributed by atoms with Crippen LogP contribution in [0.4, 0.5) is 5.69 Å². The molecule has 21 heavy (non-hydrogen) atoms. The Hall–Kier alpha value is -1.87. The highest BCUT2D eigenvalue weighted by Crippen LogP contribution is 2.38. The molecule has 2 aromatic rings. The lowest BCUT2D eigenvalue weighted by Crippen LogP contribution is -2.15. The zero-order chi connectivity index (χ0) is 14.7. The van der Waals surface area contributed by atoms with Crippen LogP contribution in [0, 0.1) is 0 Å². The largest absolute Gasteiger partial charge is 0.486 e. The minimum atomic E-state index is 0.569. The normalized spacial score (nSPS) is 13.0. The van der Waals surface area contributed by atoms with Gasteiger partial charge in [-0.25, -0.2) is 0 Å². The van der Waals surface area contributed by atoms with Crippen molar-refractivity contribution in [2.24, 2.45) is 0 Å². The van der Waals surface area contributed by atoms with Crippen molar-refractivity contribution in [2.45, 2.75) is 19.9 Å². The molecule has 0 aromatic heterocycles. The zero-order valence-electron chi connectivity index (χ0n) is 12.0. The van der Waals surface area contributed by atoms with E-state index in [9.17, 15) is 0 Å². The van der Waals surface area contributed by atoms with Gasteiger partial charge < -0.3 is 14.8 Å². The Balaban J connectivity index is 1.72. The van der Waals surface area contributed by atoms with E-state index in [1.165, 1.54) is 11.1 Å². The van der Waals surface area contributed by atoms with Gasteiger partial charge in [-0.3, -0.25) is 0 Å². The first-order valence-electron chi connectivity index (χ1n) is 7.17. The van der Waals surface area contributed by atoms with Crippen LogP contribution in [0.2, 0.25) is 5.02 Å².